The molecule has 3 N–H and O–H groups in total. The first-order chi connectivity index (χ1) is 13.5. The van der Waals surface area contributed by atoms with Crippen LogP contribution in [0.1, 0.15) is 38.6 Å². The molecule has 2 aromatic heterocycles. The quantitative estimate of drug-likeness (QED) is 0.714. The summed E-state index contributed by atoms with van der Waals surface area (Å²) >= 11 is 0. The Morgan fingerprint density at radius 2 is 1.86 bits per heavy atom. The van der Waals surface area contributed by atoms with Crippen LogP contribution in [0.4, 0.5) is 10.2 Å². The summed E-state index contributed by atoms with van der Waals surface area (Å²) in [5.74, 6) is 1.07. The summed E-state index contributed by atoms with van der Waals surface area (Å²) in [4.78, 5) is 13.8. The van der Waals surface area contributed by atoms with Crippen molar-refractivity contribution in [3.63, 3.8) is 0 Å². The van der Waals surface area contributed by atoms with Crippen molar-refractivity contribution in [1.29, 1.82) is 0 Å². The van der Waals surface area contributed by atoms with Crippen molar-refractivity contribution in [2.45, 2.75) is 44.2 Å². The summed E-state index contributed by atoms with van der Waals surface area (Å²) in [7, 11) is 1.83. The molecule has 1 aliphatic carbocycles. The average molecular weight is 380 g/mol. The van der Waals surface area contributed by atoms with E-state index >= 15 is 0 Å². The van der Waals surface area contributed by atoms with E-state index in [1.54, 1.807) is 18.3 Å². The molecule has 1 aliphatic rings. The molecule has 1 aromatic carbocycles. The lowest BCUT2D eigenvalue weighted by Gasteiger charge is -2.35. The number of nitrogens with one attached hydrogen (secondary N) is 1. The molecule has 0 amide bonds. The Hall–Kier alpha value is -2.80. The van der Waals surface area contributed by atoms with Gasteiger partial charge in [-0.3, -0.25) is 0 Å². The molecule has 0 saturated heterocycles. The van der Waals surface area contributed by atoms with Crippen LogP contribution in [-0.2, 0) is 0 Å². The normalized spacial score (nSPS) is 22.2. The van der Waals surface area contributed by atoms with Crippen molar-refractivity contribution in [2.75, 3.05) is 12.4 Å². The smallest absolute Gasteiger partial charge is 0.180 e. The van der Waals surface area contributed by atoms with Crippen molar-refractivity contribution in [1.82, 2.24) is 19.5 Å². The van der Waals surface area contributed by atoms with Crippen LogP contribution in [0, 0.1) is 5.82 Å². The number of anilines is 1. The highest BCUT2D eigenvalue weighted by Crippen LogP contribution is 2.38. The van der Waals surface area contributed by atoms with Gasteiger partial charge in [-0.2, -0.15) is 0 Å². The van der Waals surface area contributed by atoms with Crippen LogP contribution in [0.25, 0.3) is 22.8 Å². The lowest BCUT2D eigenvalue weighted by atomic mass is 9.81. The lowest BCUT2D eigenvalue weighted by molar-refractivity contribution is 0.253. The summed E-state index contributed by atoms with van der Waals surface area (Å²) in [6.45, 7) is 2.11. The average Bonchev–Trinajstić information content (AvgIpc) is 3.13. The number of nitrogens with two attached hydrogens (primary N) is 1. The molecule has 146 valence electrons. The summed E-state index contributed by atoms with van der Waals surface area (Å²) in [6, 6.07) is 8.49. The Bertz CT molecular complexity index is 953. The third-order valence-corrected chi connectivity index (χ3v) is 5.53. The lowest BCUT2D eigenvalue weighted by Crippen LogP contribution is -2.40. The van der Waals surface area contributed by atoms with Crippen LogP contribution >= 0.6 is 0 Å². The van der Waals surface area contributed by atoms with Gasteiger partial charge in [0.2, 0.25) is 0 Å². The number of hydrogen-bond donors (Lipinski definition) is 2. The van der Waals surface area contributed by atoms with Crippen molar-refractivity contribution >= 4 is 5.82 Å². The van der Waals surface area contributed by atoms with Gasteiger partial charge in [0.1, 0.15) is 17.3 Å². The molecule has 0 aliphatic heterocycles. The highest BCUT2D eigenvalue weighted by molar-refractivity contribution is 5.75. The zero-order valence-electron chi connectivity index (χ0n) is 16.2. The molecule has 7 heteroatoms. The largest absolute Gasteiger partial charge is 0.373 e. The minimum Gasteiger partial charge on any atom is -0.373 e. The van der Waals surface area contributed by atoms with Crippen LogP contribution < -0.4 is 11.1 Å². The Kier molecular flexibility index (Phi) is 4.85. The van der Waals surface area contributed by atoms with Gasteiger partial charge >= 0.3 is 0 Å². The van der Waals surface area contributed by atoms with Gasteiger partial charge in [-0.05, 0) is 62.9 Å². The van der Waals surface area contributed by atoms with Crippen LogP contribution in [0.5, 0.6) is 0 Å². The van der Waals surface area contributed by atoms with Gasteiger partial charge in [0.25, 0.3) is 0 Å². The van der Waals surface area contributed by atoms with Crippen LogP contribution in [0.2, 0.25) is 0 Å². The van der Waals surface area contributed by atoms with Crippen LogP contribution in [0.15, 0.2) is 42.9 Å². The fourth-order valence-electron chi connectivity index (χ4n) is 3.83. The molecule has 6 nitrogen and oxygen atoms in total. The van der Waals surface area contributed by atoms with E-state index in [1.807, 2.05) is 19.4 Å². The summed E-state index contributed by atoms with van der Waals surface area (Å²) < 4.78 is 15.6. The predicted molar refractivity (Wildman–Crippen MR) is 108 cm³/mol. The first kappa shape index (κ1) is 18.6. The SMILES string of the molecule is CNc1ccnc(-c2c(-c3ccc(F)cc3)ncn2C2CCC(C)(N)CC2)n1. The van der Waals surface area contributed by atoms with Gasteiger partial charge in [-0.25, -0.2) is 19.3 Å². The predicted octanol–water partition coefficient (Wildman–Crippen LogP) is 4.02. The maximum atomic E-state index is 13.4. The van der Waals surface area contributed by atoms with Gasteiger partial charge in [0, 0.05) is 30.4 Å². The second-order valence-electron chi connectivity index (χ2n) is 7.76. The third-order valence-electron chi connectivity index (χ3n) is 5.53. The first-order valence-corrected chi connectivity index (χ1v) is 9.60. The Morgan fingerprint density at radius 3 is 2.54 bits per heavy atom. The second-order valence-corrected chi connectivity index (χ2v) is 7.76. The highest BCUT2D eigenvalue weighted by atomic mass is 19.1. The summed E-state index contributed by atoms with van der Waals surface area (Å²) in [5, 5.41) is 3.06. The molecular formula is C21H25FN6. The van der Waals surface area contributed by atoms with Crippen LogP contribution in [0.3, 0.4) is 0 Å². The number of imidazole rings is 1. The number of hydrogen-bond acceptors (Lipinski definition) is 5. The molecule has 1 saturated carbocycles. The number of benzene rings is 1. The van der Waals surface area contributed by atoms with E-state index in [0.29, 0.717) is 5.82 Å². The van der Waals surface area contributed by atoms with Gasteiger partial charge in [-0.1, -0.05) is 0 Å². The molecule has 1 fully saturated rings. The monoisotopic (exact) mass is 380 g/mol. The fourth-order valence-corrected chi connectivity index (χ4v) is 3.83. The van der Waals surface area contributed by atoms with Crippen LogP contribution in [-0.4, -0.2) is 32.1 Å². The fraction of sp³-hybridized carbons (Fsp3) is 0.381. The van der Waals surface area contributed by atoms with E-state index in [0.717, 1.165) is 48.5 Å². The van der Waals surface area contributed by atoms with Crippen molar-refractivity contribution in [3.05, 3.63) is 48.7 Å². The molecule has 0 atom stereocenters. The molecule has 28 heavy (non-hydrogen) atoms. The first-order valence-electron chi connectivity index (χ1n) is 9.60. The van der Waals surface area contributed by atoms with Crippen molar-refractivity contribution in [2.24, 2.45) is 5.73 Å². The minimum atomic E-state index is -0.271. The zero-order chi connectivity index (χ0) is 19.7. The molecule has 4 rings (SSSR count). The highest BCUT2D eigenvalue weighted by Gasteiger charge is 2.30. The molecule has 0 radical (unpaired) electrons. The topological polar surface area (TPSA) is 81.7 Å². The maximum Gasteiger partial charge on any atom is 0.180 e. The number of rotatable bonds is 4. The summed E-state index contributed by atoms with van der Waals surface area (Å²) in [6.07, 6.45) is 7.46. The van der Waals surface area contributed by atoms with Crippen molar-refractivity contribution < 1.29 is 4.39 Å². The van der Waals surface area contributed by atoms with Crippen molar-refractivity contribution in [3.8, 4) is 22.8 Å². The van der Waals surface area contributed by atoms with E-state index in [2.05, 4.69) is 31.8 Å². The molecule has 2 heterocycles. The van der Waals surface area contributed by atoms with E-state index in [-0.39, 0.29) is 17.4 Å². The van der Waals surface area contributed by atoms with Gasteiger partial charge < -0.3 is 15.6 Å². The van der Waals surface area contributed by atoms with E-state index in [4.69, 9.17) is 5.73 Å². The van der Waals surface area contributed by atoms with E-state index in [9.17, 15) is 4.39 Å². The second kappa shape index (κ2) is 7.31. The minimum absolute atomic E-state index is 0.112. The van der Waals surface area contributed by atoms with Gasteiger partial charge in [0.15, 0.2) is 5.82 Å². The number of aromatic nitrogens is 4. The molecule has 0 bridgehead atoms. The van der Waals surface area contributed by atoms with E-state index in [1.165, 1.54) is 12.1 Å². The zero-order valence-corrected chi connectivity index (χ0v) is 16.2. The molecule has 0 unspecified atom stereocenters. The standard InChI is InChI=1S/C21H25FN6/c1-21(23)10-7-16(8-11-21)28-13-26-18(14-3-5-15(22)6-4-14)19(28)20-25-12-9-17(24-2)27-20/h3-6,9,12-13,16H,7-8,10-11,23H2,1-2H3,(H,24,25,27). The number of halogens is 1. The third kappa shape index (κ3) is 3.62. The van der Waals surface area contributed by atoms with Gasteiger partial charge in [0.05, 0.1) is 12.0 Å². The molecule has 3 aromatic rings. The summed E-state index contributed by atoms with van der Waals surface area (Å²) in [5.41, 5.74) is 8.67. The van der Waals surface area contributed by atoms with E-state index < -0.39 is 0 Å². The van der Waals surface area contributed by atoms with Gasteiger partial charge in [-0.15, -0.1) is 0 Å². The number of nitrogens with zero attached hydrogens (tertiary/aromatic N) is 4. The Labute approximate surface area is 164 Å². The molecule has 0 spiro atoms. The Morgan fingerprint density at radius 1 is 1.14 bits per heavy atom. The Balaban J connectivity index is 1.81. The molecular weight excluding hydrogens is 355 g/mol. The maximum absolute atomic E-state index is 13.4.